The van der Waals surface area contributed by atoms with Crippen LogP contribution in [0.4, 0.5) is 0 Å². The highest BCUT2D eigenvalue weighted by molar-refractivity contribution is 5.83. The van der Waals surface area contributed by atoms with Gasteiger partial charge in [-0.15, -0.1) is 0 Å². The van der Waals surface area contributed by atoms with E-state index in [2.05, 4.69) is 19.8 Å². The van der Waals surface area contributed by atoms with Gasteiger partial charge in [-0.1, -0.05) is 0 Å². The second-order valence-electron chi connectivity index (χ2n) is 4.55. The lowest BCUT2D eigenvalue weighted by Gasteiger charge is -2.30. The minimum absolute atomic E-state index is 0.242. The second-order valence-corrected chi connectivity index (χ2v) is 4.55. The maximum atomic E-state index is 11.6. The van der Waals surface area contributed by atoms with E-state index in [1.165, 1.54) is 14.0 Å². The van der Waals surface area contributed by atoms with Crippen LogP contribution in [0.1, 0.15) is 12.7 Å². The third kappa shape index (κ3) is 3.31. The fourth-order valence-corrected chi connectivity index (χ4v) is 2.20. The van der Waals surface area contributed by atoms with Gasteiger partial charge >= 0.3 is 5.97 Å². The van der Waals surface area contributed by atoms with Gasteiger partial charge in [0.1, 0.15) is 11.9 Å². The largest absolute Gasteiger partial charge is 0.467 e. The van der Waals surface area contributed by atoms with Gasteiger partial charge in [0.15, 0.2) is 0 Å². The smallest absolute Gasteiger partial charge is 0.329 e. The number of aromatic nitrogens is 2. The van der Waals surface area contributed by atoms with E-state index >= 15 is 0 Å². The molecule has 0 bridgehead atoms. The summed E-state index contributed by atoms with van der Waals surface area (Å²) in [5.74, 6) is 0.302. The van der Waals surface area contributed by atoms with Gasteiger partial charge in [-0.05, 0) is 0 Å². The van der Waals surface area contributed by atoms with Crippen LogP contribution in [0.15, 0.2) is 12.4 Å². The van der Waals surface area contributed by atoms with Crippen LogP contribution in [0.3, 0.4) is 0 Å². The number of carbonyl (C=O) groups is 2. The van der Waals surface area contributed by atoms with Gasteiger partial charge in [0.2, 0.25) is 5.91 Å². The van der Waals surface area contributed by atoms with Gasteiger partial charge in [0.05, 0.1) is 13.7 Å². The molecule has 2 heterocycles. The van der Waals surface area contributed by atoms with Gasteiger partial charge < -0.3 is 14.6 Å². The van der Waals surface area contributed by atoms with Gasteiger partial charge in [-0.3, -0.25) is 9.69 Å². The van der Waals surface area contributed by atoms with Crippen molar-refractivity contribution < 1.29 is 14.3 Å². The molecule has 0 radical (unpaired) electrons. The number of nitrogens with one attached hydrogen (secondary N) is 1. The topological polar surface area (TPSA) is 76.5 Å². The first kappa shape index (κ1) is 13.5. The number of carbonyl (C=O) groups excluding carboxylic acids is 2. The highest BCUT2D eigenvalue weighted by Gasteiger charge is 2.25. The summed E-state index contributed by atoms with van der Waals surface area (Å²) in [6.45, 7) is 4.14. The summed E-state index contributed by atoms with van der Waals surface area (Å²) in [5, 5.41) is 2.61. The molecule has 1 aliphatic rings. The standard InChI is InChI=1S/C12H18N4O3/c1-9(17)14-10(12(18)19-2)7-15-5-6-16-4-3-13-11(16)8-15/h3-4,10H,5-8H2,1-2H3,(H,14,17). The number of methoxy groups -OCH3 is 1. The zero-order chi connectivity index (χ0) is 13.8. The van der Waals surface area contributed by atoms with Crippen molar-refractivity contribution >= 4 is 11.9 Å². The molecular formula is C12H18N4O3. The molecule has 1 aliphatic heterocycles. The molecule has 0 aliphatic carbocycles. The Morgan fingerprint density at radius 1 is 1.53 bits per heavy atom. The van der Waals surface area contributed by atoms with Crippen molar-refractivity contribution in [2.45, 2.75) is 26.1 Å². The van der Waals surface area contributed by atoms with E-state index in [9.17, 15) is 9.59 Å². The molecule has 1 atom stereocenters. The van der Waals surface area contributed by atoms with Crippen LogP contribution >= 0.6 is 0 Å². The van der Waals surface area contributed by atoms with Crippen molar-refractivity contribution in [3.05, 3.63) is 18.2 Å². The molecule has 1 aromatic rings. The highest BCUT2D eigenvalue weighted by atomic mass is 16.5. The lowest BCUT2D eigenvalue weighted by molar-refractivity contribution is -0.145. The van der Waals surface area contributed by atoms with E-state index < -0.39 is 12.0 Å². The van der Waals surface area contributed by atoms with Crippen molar-refractivity contribution in [1.82, 2.24) is 19.8 Å². The molecule has 104 valence electrons. The molecule has 1 amide bonds. The van der Waals surface area contributed by atoms with E-state index in [4.69, 9.17) is 4.74 Å². The minimum atomic E-state index is -0.635. The van der Waals surface area contributed by atoms with E-state index in [0.717, 1.165) is 18.9 Å². The van der Waals surface area contributed by atoms with E-state index in [1.807, 2.05) is 6.20 Å². The predicted octanol–water partition coefficient (Wildman–Crippen LogP) is -0.624. The first-order chi connectivity index (χ1) is 9.10. The van der Waals surface area contributed by atoms with Crippen LogP contribution in [-0.4, -0.2) is 52.6 Å². The van der Waals surface area contributed by atoms with Gasteiger partial charge in [-0.25, -0.2) is 9.78 Å². The molecule has 1 N–H and O–H groups in total. The molecule has 1 unspecified atom stereocenters. The summed E-state index contributed by atoms with van der Waals surface area (Å²) < 4.78 is 6.79. The number of fused-ring (bicyclic) bond motifs is 1. The summed E-state index contributed by atoms with van der Waals surface area (Å²) in [4.78, 5) is 29.1. The summed E-state index contributed by atoms with van der Waals surface area (Å²) in [6.07, 6.45) is 3.71. The summed E-state index contributed by atoms with van der Waals surface area (Å²) in [5.41, 5.74) is 0. The molecule has 19 heavy (non-hydrogen) atoms. The summed E-state index contributed by atoms with van der Waals surface area (Å²) in [6, 6.07) is -0.635. The molecule has 0 saturated carbocycles. The van der Waals surface area contributed by atoms with Crippen molar-refractivity contribution in [3.8, 4) is 0 Å². The Morgan fingerprint density at radius 2 is 2.32 bits per heavy atom. The monoisotopic (exact) mass is 266 g/mol. The number of rotatable bonds is 4. The average molecular weight is 266 g/mol. The van der Waals surface area contributed by atoms with Gasteiger partial charge in [-0.2, -0.15) is 0 Å². The number of hydrogen-bond acceptors (Lipinski definition) is 5. The van der Waals surface area contributed by atoms with E-state index in [1.54, 1.807) is 6.20 Å². The number of ether oxygens (including phenoxy) is 1. The average Bonchev–Trinajstić information content (AvgIpc) is 2.84. The molecule has 0 aromatic carbocycles. The SMILES string of the molecule is COC(=O)C(CN1CCn2ccnc2C1)NC(C)=O. The molecule has 0 spiro atoms. The Morgan fingerprint density at radius 3 is 3.00 bits per heavy atom. The first-order valence-corrected chi connectivity index (χ1v) is 6.17. The Labute approximate surface area is 111 Å². The molecule has 7 heteroatoms. The number of nitrogens with zero attached hydrogens (tertiary/aromatic N) is 3. The van der Waals surface area contributed by atoms with Crippen LogP contribution in [0.25, 0.3) is 0 Å². The molecule has 0 saturated heterocycles. The fourth-order valence-electron chi connectivity index (χ4n) is 2.20. The first-order valence-electron chi connectivity index (χ1n) is 6.17. The maximum Gasteiger partial charge on any atom is 0.329 e. The lowest BCUT2D eigenvalue weighted by atomic mass is 10.2. The molecule has 1 aromatic heterocycles. The van der Waals surface area contributed by atoms with Crippen LogP contribution in [0, 0.1) is 0 Å². The quantitative estimate of drug-likeness (QED) is 0.735. The van der Waals surface area contributed by atoms with Crippen molar-refractivity contribution in [1.29, 1.82) is 0 Å². The summed E-state index contributed by atoms with van der Waals surface area (Å²) >= 11 is 0. The van der Waals surface area contributed by atoms with Crippen molar-refractivity contribution in [2.75, 3.05) is 20.2 Å². The predicted molar refractivity (Wildman–Crippen MR) is 67.1 cm³/mol. The zero-order valence-electron chi connectivity index (χ0n) is 11.1. The van der Waals surface area contributed by atoms with E-state index in [-0.39, 0.29) is 5.91 Å². The Balaban J connectivity index is 1.98. The minimum Gasteiger partial charge on any atom is -0.467 e. The third-order valence-corrected chi connectivity index (χ3v) is 3.13. The van der Waals surface area contributed by atoms with Crippen molar-refractivity contribution in [3.63, 3.8) is 0 Å². The van der Waals surface area contributed by atoms with Crippen LogP contribution in [-0.2, 0) is 27.4 Å². The summed E-state index contributed by atoms with van der Waals surface area (Å²) in [7, 11) is 1.32. The number of imidazole rings is 1. The number of esters is 1. The van der Waals surface area contributed by atoms with E-state index in [0.29, 0.717) is 13.1 Å². The van der Waals surface area contributed by atoms with Crippen LogP contribution < -0.4 is 5.32 Å². The second kappa shape index (κ2) is 5.83. The lowest BCUT2D eigenvalue weighted by Crippen LogP contribution is -2.49. The Hall–Kier alpha value is -1.89. The maximum absolute atomic E-state index is 11.6. The Kier molecular flexibility index (Phi) is 4.16. The normalized spacial score (nSPS) is 16.5. The van der Waals surface area contributed by atoms with Crippen LogP contribution in [0.2, 0.25) is 0 Å². The molecule has 2 rings (SSSR count). The Bertz CT molecular complexity index is 471. The van der Waals surface area contributed by atoms with Crippen molar-refractivity contribution in [2.24, 2.45) is 0 Å². The zero-order valence-corrected chi connectivity index (χ0v) is 11.1. The van der Waals surface area contributed by atoms with Gasteiger partial charge in [0.25, 0.3) is 0 Å². The molecule has 0 fully saturated rings. The van der Waals surface area contributed by atoms with Gasteiger partial charge in [0, 0.05) is 39.0 Å². The highest BCUT2D eigenvalue weighted by Crippen LogP contribution is 2.10. The fraction of sp³-hybridized carbons (Fsp3) is 0.583. The molecular weight excluding hydrogens is 248 g/mol. The number of hydrogen-bond donors (Lipinski definition) is 1. The third-order valence-electron chi connectivity index (χ3n) is 3.13. The number of amides is 1. The van der Waals surface area contributed by atoms with Crippen LogP contribution in [0.5, 0.6) is 0 Å². The molecule has 7 nitrogen and oxygen atoms in total.